The lowest BCUT2D eigenvalue weighted by molar-refractivity contribution is -0.357. The highest BCUT2D eigenvalue weighted by atomic mass is 16.7. The lowest BCUT2D eigenvalue weighted by Gasteiger charge is -2.46. The van der Waals surface area contributed by atoms with E-state index >= 15 is 0 Å². The van der Waals surface area contributed by atoms with Gasteiger partial charge in [0.1, 0.15) is 83.5 Å². The number of benzene rings is 2. The summed E-state index contributed by atoms with van der Waals surface area (Å²) < 4.78 is 50.4. The summed E-state index contributed by atoms with van der Waals surface area (Å²) in [6.45, 7) is 2.23. The second kappa shape index (κ2) is 16.3. The number of fused-ring (bicyclic) bond motifs is 1. The van der Waals surface area contributed by atoms with Gasteiger partial charge in [-0.1, -0.05) is 0 Å². The Labute approximate surface area is 311 Å². The van der Waals surface area contributed by atoms with Crippen LogP contribution in [0.1, 0.15) is 13.8 Å². The summed E-state index contributed by atoms with van der Waals surface area (Å²) in [5.41, 5.74) is -0.952. The van der Waals surface area contributed by atoms with E-state index in [2.05, 4.69) is 0 Å². The molecule has 0 saturated carbocycles. The monoisotopic (exact) mass is 784 g/mol. The lowest BCUT2D eigenvalue weighted by atomic mass is 9.97. The number of phenolic OH excluding ortho intramolecular Hbond substituents is 2. The Morgan fingerprint density at radius 2 is 1.33 bits per heavy atom. The fourth-order valence-electron chi connectivity index (χ4n) is 6.56. The van der Waals surface area contributed by atoms with Crippen LogP contribution in [0.2, 0.25) is 0 Å². The summed E-state index contributed by atoms with van der Waals surface area (Å²) in [5, 5.41) is 105. The minimum Gasteiger partial charge on any atom is -0.507 e. The van der Waals surface area contributed by atoms with Crippen LogP contribution in [0.25, 0.3) is 22.3 Å². The molecule has 55 heavy (non-hydrogen) atoms. The zero-order chi connectivity index (χ0) is 40.0. The Bertz CT molecular complexity index is 1870. The first kappa shape index (κ1) is 40.8. The van der Waals surface area contributed by atoms with Gasteiger partial charge in [0, 0.05) is 17.7 Å². The summed E-state index contributed by atoms with van der Waals surface area (Å²) in [5.74, 6) is -1.55. The molecule has 304 valence electrons. The Morgan fingerprint density at radius 3 is 2.02 bits per heavy atom. The first-order valence-corrected chi connectivity index (χ1v) is 17.2. The van der Waals surface area contributed by atoms with Gasteiger partial charge in [-0.3, -0.25) is 4.79 Å². The van der Waals surface area contributed by atoms with Crippen molar-refractivity contribution < 1.29 is 93.4 Å². The van der Waals surface area contributed by atoms with E-state index in [0.29, 0.717) is 0 Å². The van der Waals surface area contributed by atoms with Crippen molar-refractivity contribution in [1.82, 2.24) is 0 Å². The van der Waals surface area contributed by atoms with Gasteiger partial charge < -0.3 is 93.4 Å². The molecule has 3 aliphatic rings. The van der Waals surface area contributed by atoms with Crippen LogP contribution in [0.5, 0.6) is 28.7 Å². The number of hydrogen-bond donors (Lipinski definition) is 10. The summed E-state index contributed by atoms with van der Waals surface area (Å²) in [7, 11) is 2.62. The first-order valence-electron chi connectivity index (χ1n) is 17.2. The number of aliphatic hydroxyl groups excluding tert-OH is 8. The van der Waals surface area contributed by atoms with E-state index in [1.807, 2.05) is 0 Å². The molecule has 0 bridgehead atoms. The molecule has 20 heteroatoms. The largest absolute Gasteiger partial charge is 0.507 e. The quantitative estimate of drug-likeness (QED) is 0.104. The molecule has 3 saturated heterocycles. The smallest absolute Gasteiger partial charge is 0.239 e. The SMILES string of the molecule is COc1cc(O)c2c(=O)c(O[C@@H]3O[C@H](CO[C@@H]4O[C@@H](C)[C@H](O[C@@H]5O[C@@H](C)[C@H](O)[C@@H](O)[C@H]5O)[C@@H](O)[C@H]4O)[C@H](O)[C@H](O)[C@H]3O)c(-c3ccc(O)c(OC)c3)oc2c1. The fourth-order valence-corrected chi connectivity index (χ4v) is 6.56. The average molecular weight is 785 g/mol. The van der Waals surface area contributed by atoms with Crippen LogP contribution >= 0.6 is 0 Å². The summed E-state index contributed by atoms with van der Waals surface area (Å²) >= 11 is 0. The fraction of sp³-hybridized carbons (Fsp3) is 0.571. The molecule has 0 spiro atoms. The third-order valence-electron chi connectivity index (χ3n) is 9.79. The highest BCUT2D eigenvalue weighted by Crippen LogP contribution is 2.40. The molecule has 6 rings (SSSR count). The van der Waals surface area contributed by atoms with Gasteiger partial charge >= 0.3 is 0 Å². The molecule has 3 fully saturated rings. The minimum absolute atomic E-state index is 0.0121. The van der Waals surface area contributed by atoms with E-state index in [-0.39, 0.29) is 39.5 Å². The Balaban J connectivity index is 1.22. The van der Waals surface area contributed by atoms with Crippen molar-refractivity contribution in [1.29, 1.82) is 0 Å². The first-order chi connectivity index (χ1) is 26.1. The molecule has 3 aliphatic heterocycles. The normalized spacial score (nSPS) is 36.8. The molecule has 0 amide bonds. The second-order valence-corrected chi connectivity index (χ2v) is 13.4. The van der Waals surface area contributed by atoms with Crippen molar-refractivity contribution in [2.45, 2.75) is 106 Å². The summed E-state index contributed by atoms with van der Waals surface area (Å²) in [6.07, 6.45) is -23.8. The average Bonchev–Trinajstić information content (AvgIpc) is 3.16. The third kappa shape index (κ3) is 7.79. The Kier molecular flexibility index (Phi) is 12.1. The van der Waals surface area contributed by atoms with Crippen molar-refractivity contribution in [3.8, 4) is 40.1 Å². The lowest BCUT2D eigenvalue weighted by Crippen LogP contribution is -2.63. The Morgan fingerprint density at radius 1 is 0.673 bits per heavy atom. The van der Waals surface area contributed by atoms with Crippen LogP contribution in [0.15, 0.2) is 39.5 Å². The van der Waals surface area contributed by atoms with Gasteiger partial charge in [-0.25, -0.2) is 0 Å². The maximum atomic E-state index is 14.0. The van der Waals surface area contributed by atoms with Crippen molar-refractivity contribution in [2.75, 3.05) is 20.8 Å². The maximum absolute atomic E-state index is 14.0. The number of aromatic hydroxyl groups is 2. The van der Waals surface area contributed by atoms with Crippen LogP contribution in [0.4, 0.5) is 0 Å². The zero-order valence-corrected chi connectivity index (χ0v) is 29.8. The number of methoxy groups -OCH3 is 2. The highest BCUT2D eigenvalue weighted by Gasteiger charge is 2.51. The third-order valence-corrected chi connectivity index (χ3v) is 9.79. The predicted molar refractivity (Wildman–Crippen MR) is 181 cm³/mol. The van der Waals surface area contributed by atoms with E-state index in [1.54, 1.807) is 0 Å². The van der Waals surface area contributed by atoms with Gasteiger partial charge in [0.05, 0.1) is 33.0 Å². The number of aliphatic hydroxyl groups is 8. The Hall–Kier alpha value is -3.87. The molecule has 15 atom stereocenters. The molecular weight excluding hydrogens is 740 g/mol. The van der Waals surface area contributed by atoms with E-state index in [1.165, 1.54) is 52.3 Å². The summed E-state index contributed by atoms with van der Waals surface area (Å²) in [4.78, 5) is 14.0. The number of rotatable bonds is 10. The topological polar surface area (TPSA) is 306 Å². The predicted octanol–water partition coefficient (Wildman–Crippen LogP) is -2.23. The number of ether oxygens (including phenoxy) is 8. The van der Waals surface area contributed by atoms with Crippen molar-refractivity contribution in [2.24, 2.45) is 0 Å². The molecule has 2 aromatic carbocycles. The minimum atomic E-state index is -1.98. The van der Waals surface area contributed by atoms with Gasteiger partial charge in [0.2, 0.25) is 17.5 Å². The van der Waals surface area contributed by atoms with E-state index in [4.69, 9.17) is 42.3 Å². The molecule has 3 aromatic rings. The van der Waals surface area contributed by atoms with Gasteiger partial charge in [0.25, 0.3) is 0 Å². The van der Waals surface area contributed by atoms with E-state index in [9.17, 15) is 55.9 Å². The van der Waals surface area contributed by atoms with Crippen LogP contribution in [0.3, 0.4) is 0 Å². The van der Waals surface area contributed by atoms with Crippen LogP contribution in [-0.2, 0) is 23.7 Å². The van der Waals surface area contributed by atoms with Crippen molar-refractivity contribution in [3.05, 3.63) is 40.6 Å². The molecule has 10 N–H and O–H groups in total. The van der Waals surface area contributed by atoms with E-state index < -0.39 is 116 Å². The van der Waals surface area contributed by atoms with E-state index in [0.717, 1.165) is 6.07 Å². The standard InChI is InChI=1S/C35H44O20/c1-11-21(38)24(41)27(44)34(50-11)54-30-12(2)51-33(29(46)26(30)43)49-10-19-22(39)25(42)28(45)35(53-19)55-32-23(40)20-16(37)8-14(47-3)9-18(20)52-31(32)13-5-6-15(36)17(7-13)48-4/h5-9,11-12,19,21-22,24-30,33-39,41-46H,10H2,1-4H3/t11-,12-,19+,21-,22-,24+,25-,26-,27+,28+,29+,30-,33+,34-,35-/m0/s1. The molecule has 0 unspecified atom stereocenters. The molecule has 4 heterocycles. The molecule has 1 aromatic heterocycles. The second-order valence-electron chi connectivity index (χ2n) is 13.4. The van der Waals surface area contributed by atoms with Crippen LogP contribution in [0, 0.1) is 0 Å². The van der Waals surface area contributed by atoms with Gasteiger partial charge in [-0.05, 0) is 32.0 Å². The van der Waals surface area contributed by atoms with Gasteiger partial charge in [0.15, 0.2) is 29.8 Å². The molecule has 0 radical (unpaired) electrons. The highest BCUT2D eigenvalue weighted by molar-refractivity contribution is 5.88. The summed E-state index contributed by atoms with van der Waals surface area (Å²) in [6, 6.07) is 6.42. The number of phenols is 2. The van der Waals surface area contributed by atoms with Gasteiger partial charge in [-0.2, -0.15) is 0 Å². The molecular formula is C35H44O20. The molecule has 0 aliphatic carbocycles. The van der Waals surface area contributed by atoms with Crippen LogP contribution < -0.4 is 19.6 Å². The van der Waals surface area contributed by atoms with Crippen LogP contribution in [-0.4, -0.2) is 164 Å². The maximum Gasteiger partial charge on any atom is 0.239 e. The van der Waals surface area contributed by atoms with Crippen molar-refractivity contribution >= 4 is 11.0 Å². The zero-order valence-electron chi connectivity index (χ0n) is 29.8. The van der Waals surface area contributed by atoms with Crippen molar-refractivity contribution in [3.63, 3.8) is 0 Å². The molecule has 20 nitrogen and oxygen atoms in total. The number of hydrogen-bond acceptors (Lipinski definition) is 20. The van der Waals surface area contributed by atoms with Gasteiger partial charge in [-0.15, -0.1) is 0 Å².